The zero-order valence-electron chi connectivity index (χ0n) is 15.7. The summed E-state index contributed by atoms with van der Waals surface area (Å²) in [4.78, 5) is 4.37. The molecule has 9 heteroatoms. The number of aryl methyl sites for hydroxylation is 1. The fourth-order valence-corrected chi connectivity index (χ4v) is 2.29. The van der Waals surface area contributed by atoms with Gasteiger partial charge in [0.1, 0.15) is 18.0 Å². The van der Waals surface area contributed by atoms with E-state index >= 15 is 0 Å². The Balaban J connectivity index is 1.87. The molecule has 27 heavy (non-hydrogen) atoms. The summed E-state index contributed by atoms with van der Waals surface area (Å²) in [6, 6.07) is 3.15. The first-order valence-corrected chi connectivity index (χ1v) is 8.63. The highest BCUT2D eigenvalue weighted by atomic mass is 19.1. The van der Waals surface area contributed by atoms with Gasteiger partial charge in [-0.2, -0.15) is 5.10 Å². The largest absolute Gasteiger partial charge is 0.489 e. The van der Waals surface area contributed by atoms with E-state index in [1.165, 1.54) is 6.07 Å². The monoisotopic (exact) mass is 381 g/mol. The molecule has 0 radical (unpaired) electrons. The average molecular weight is 381 g/mol. The molecule has 2 rings (SSSR count). The fourth-order valence-electron chi connectivity index (χ4n) is 2.29. The predicted octanol–water partition coefficient (Wildman–Crippen LogP) is 1.54. The first-order chi connectivity index (χ1) is 12.8. The number of benzene rings is 1. The van der Waals surface area contributed by atoms with Crippen LogP contribution in [0.2, 0.25) is 0 Å². The second kappa shape index (κ2) is 9.31. The summed E-state index contributed by atoms with van der Waals surface area (Å²) in [7, 11) is 1.78. The SMILES string of the molecule is CCNC(=NCC(C)(O)c1cnn(C)c1)NCCOc1ccc(F)cc1F. The molecule has 1 aromatic heterocycles. The summed E-state index contributed by atoms with van der Waals surface area (Å²) in [6.07, 6.45) is 3.34. The minimum atomic E-state index is -1.16. The maximum Gasteiger partial charge on any atom is 0.191 e. The van der Waals surface area contributed by atoms with Gasteiger partial charge in [-0.05, 0) is 26.0 Å². The number of hydrogen-bond donors (Lipinski definition) is 3. The lowest BCUT2D eigenvalue weighted by Gasteiger charge is -2.20. The van der Waals surface area contributed by atoms with Crippen LogP contribution < -0.4 is 15.4 Å². The summed E-state index contributed by atoms with van der Waals surface area (Å²) in [5, 5.41) is 20.7. The molecule has 2 aromatic rings. The fraction of sp³-hybridized carbons (Fsp3) is 0.444. The van der Waals surface area contributed by atoms with Crippen LogP contribution in [0, 0.1) is 11.6 Å². The van der Waals surface area contributed by atoms with Gasteiger partial charge in [-0.15, -0.1) is 0 Å². The molecule has 1 heterocycles. The van der Waals surface area contributed by atoms with Crippen LogP contribution in [-0.4, -0.2) is 47.1 Å². The van der Waals surface area contributed by atoms with Crippen molar-refractivity contribution in [1.29, 1.82) is 0 Å². The number of aliphatic imine (C=N–C) groups is 1. The minimum Gasteiger partial charge on any atom is -0.489 e. The quantitative estimate of drug-likeness (QED) is 0.367. The van der Waals surface area contributed by atoms with E-state index in [1.807, 2.05) is 6.92 Å². The molecule has 0 saturated heterocycles. The molecular weight excluding hydrogens is 356 g/mol. The Labute approximate surface area is 157 Å². The minimum absolute atomic E-state index is 0.0142. The molecule has 1 aromatic carbocycles. The zero-order chi connectivity index (χ0) is 19.9. The molecule has 7 nitrogen and oxygen atoms in total. The van der Waals surface area contributed by atoms with Crippen LogP contribution in [-0.2, 0) is 12.6 Å². The van der Waals surface area contributed by atoms with Gasteiger partial charge in [-0.3, -0.25) is 4.68 Å². The van der Waals surface area contributed by atoms with Crippen molar-refractivity contribution in [2.45, 2.75) is 19.4 Å². The number of rotatable bonds is 8. The van der Waals surface area contributed by atoms with Gasteiger partial charge in [0.2, 0.25) is 0 Å². The van der Waals surface area contributed by atoms with Crippen LogP contribution in [0.4, 0.5) is 8.78 Å². The highest BCUT2D eigenvalue weighted by Gasteiger charge is 2.24. The van der Waals surface area contributed by atoms with Gasteiger partial charge in [-0.25, -0.2) is 13.8 Å². The molecule has 3 N–H and O–H groups in total. The van der Waals surface area contributed by atoms with Crippen LogP contribution in [0.5, 0.6) is 5.75 Å². The van der Waals surface area contributed by atoms with Crippen molar-refractivity contribution in [3.63, 3.8) is 0 Å². The lowest BCUT2D eigenvalue weighted by Crippen LogP contribution is -2.40. The van der Waals surface area contributed by atoms with Crippen molar-refractivity contribution in [2.24, 2.45) is 12.0 Å². The Morgan fingerprint density at radius 1 is 1.37 bits per heavy atom. The average Bonchev–Trinajstić information content (AvgIpc) is 3.05. The summed E-state index contributed by atoms with van der Waals surface area (Å²) < 4.78 is 33.3. The van der Waals surface area contributed by atoms with Crippen LogP contribution in [0.15, 0.2) is 35.6 Å². The van der Waals surface area contributed by atoms with Gasteiger partial charge < -0.3 is 20.5 Å². The van der Waals surface area contributed by atoms with E-state index in [0.717, 1.165) is 12.1 Å². The van der Waals surface area contributed by atoms with Crippen molar-refractivity contribution in [3.8, 4) is 5.75 Å². The molecule has 0 bridgehead atoms. The lowest BCUT2D eigenvalue weighted by atomic mass is 10.0. The third-order valence-electron chi connectivity index (χ3n) is 3.76. The van der Waals surface area contributed by atoms with E-state index in [-0.39, 0.29) is 18.9 Å². The molecule has 1 atom stereocenters. The topological polar surface area (TPSA) is 83.7 Å². The molecule has 148 valence electrons. The first-order valence-electron chi connectivity index (χ1n) is 8.63. The van der Waals surface area contributed by atoms with E-state index in [2.05, 4.69) is 20.7 Å². The number of nitrogens with one attached hydrogen (secondary N) is 2. The van der Waals surface area contributed by atoms with Gasteiger partial charge in [-0.1, -0.05) is 0 Å². The van der Waals surface area contributed by atoms with Crippen molar-refractivity contribution in [3.05, 3.63) is 47.8 Å². The maximum absolute atomic E-state index is 13.5. The van der Waals surface area contributed by atoms with E-state index in [4.69, 9.17) is 4.74 Å². The number of aliphatic hydroxyl groups is 1. The molecule has 1 unspecified atom stereocenters. The number of hydrogen-bond acceptors (Lipinski definition) is 4. The standard InChI is InChI=1S/C18H25F2N5O2/c1-4-21-17(23-12-18(2,26)13-10-24-25(3)11-13)22-7-8-27-16-6-5-14(19)9-15(16)20/h5-6,9-11,26H,4,7-8,12H2,1-3H3,(H2,21,22,23). The van der Waals surface area contributed by atoms with Gasteiger partial charge in [0.15, 0.2) is 17.5 Å². The second-order valence-electron chi connectivity index (χ2n) is 6.22. The molecule has 0 saturated carbocycles. The highest BCUT2D eigenvalue weighted by molar-refractivity contribution is 5.79. The Bertz CT molecular complexity index is 777. The van der Waals surface area contributed by atoms with Gasteiger partial charge in [0.05, 0.1) is 19.3 Å². The van der Waals surface area contributed by atoms with Gasteiger partial charge in [0.25, 0.3) is 0 Å². The Hall–Kier alpha value is -2.68. The summed E-state index contributed by atoms with van der Waals surface area (Å²) in [5.74, 6) is -0.923. The summed E-state index contributed by atoms with van der Waals surface area (Å²) in [6.45, 7) is 4.85. The third kappa shape index (κ3) is 6.21. The van der Waals surface area contributed by atoms with Crippen LogP contribution in [0.25, 0.3) is 0 Å². The predicted molar refractivity (Wildman–Crippen MR) is 98.6 cm³/mol. The molecule has 0 aliphatic carbocycles. The summed E-state index contributed by atoms with van der Waals surface area (Å²) in [5.41, 5.74) is -0.496. The second-order valence-corrected chi connectivity index (χ2v) is 6.22. The molecule has 0 amide bonds. The maximum atomic E-state index is 13.5. The normalized spacial score (nSPS) is 13.9. The number of halogens is 2. The van der Waals surface area contributed by atoms with Crippen molar-refractivity contribution in [1.82, 2.24) is 20.4 Å². The van der Waals surface area contributed by atoms with Crippen LogP contribution >= 0.6 is 0 Å². The molecule has 0 aliphatic heterocycles. The third-order valence-corrected chi connectivity index (χ3v) is 3.76. The van der Waals surface area contributed by atoms with E-state index in [1.54, 1.807) is 31.0 Å². The Morgan fingerprint density at radius 2 is 2.15 bits per heavy atom. The van der Waals surface area contributed by atoms with Crippen molar-refractivity contribution < 1.29 is 18.6 Å². The van der Waals surface area contributed by atoms with Crippen LogP contribution in [0.1, 0.15) is 19.4 Å². The van der Waals surface area contributed by atoms with E-state index < -0.39 is 17.2 Å². The smallest absolute Gasteiger partial charge is 0.191 e. The zero-order valence-corrected chi connectivity index (χ0v) is 15.7. The molecule has 0 aliphatic rings. The van der Waals surface area contributed by atoms with Crippen molar-refractivity contribution in [2.75, 3.05) is 26.2 Å². The molecule has 0 spiro atoms. The van der Waals surface area contributed by atoms with Gasteiger partial charge in [0, 0.05) is 31.4 Å². The number of nitrogens with zero attached hydrogens (tertiary/aromatic N) is 3. The number of guanidine groups is 1. The van der Waals surface area contributed by atoms with Gasteiger partial charge >= 0.3 is 0 Å². The summed E-state index contributed by atoms with van der Waals surface area (Å²) >= 11 is 0. The Kier molecular flexibility index (Phi) is 7.12. The Morgan fingerprint density at radius 3 is 2.78 bits per heavy atom. The number of aromatic nitrogens is 2. The lowest BCUT2D eigenvalue weighted by molar-refractivity contribution is 0.0672. The van der Waals surface area contributed by atoms with E-state index in [0.29, 0.717) is 24.6 Å². The van der Waals surface area contributed by atoms with Crippen molar-refractivity contribution >= 4 is 5.96 Å². The molecular formula is C18H25F2N5O2. The first kappa shape index (κ1) is 20.6. The highest BCUT2D eigenvalue weighted by Crippen LogP contribution is 2.20. The van der Waals surface area contributed by atoms with E-state index in [9.17, 15) is 13.9 Å². The molecule has 0 fully saturated rings. The number of ether oxygens (including phenoxy) is 1. The van der Waals surface area contributed by atoms with Crippen LogP contribution in [0.3, 0.4) is 0 Å².